The maximum atomic E-state index is 12.1. The molecule has 126 valence electrons. The predicted molar refractivity (Wildman–Crippen MR) is 77.4 cm³/mol. The van der Waals surface area contributed by atoms with Crippen molar-refractivity contribution in [3.63, 3.8) is 0 Å². The zero-order valence-corrected chi connectivity index (χ0v) is 12.6. The Bertz CT molecular complexity index is 811. The van der Waals surface area contributed by atoms with Gasteiger partial charge in [0.25, 0.3) is 0 Å². The van der Waals surface area contributed by atoms with Gasteiger partial charge < -0.3 is 0 Å². The summed E-state index contributed by atoms with van der Waals surface area (Å²) in [7, 11) is -5.84. The van der Waals surface area contributed by atoms with Gasteiger partial charge >= 0.3 is 15.6 Å². The normalized spacial score (nSPS) is 13.5. The van der Waals surface area contributed by atoms with Crippen LogP contribution in [0, 0.1) is 0 Å². The van der Waals surface area contributed by atoms with Crippen molar-refractivity contribution in [3.8, 4) is 0 Å². The van der Waals surface area contributed by atoms with Crippen LogP contribution in [0.15, 0.2) is 48.5 Å². The lowest BCUT2D eigenvalue weighted by Crippen LogP contribution is -2.21. The number of halogens is 3. The molecule has 0 saturated carbocycles. The largest absolute Gasteiger partial charge is 0.522 e. The molecule has 0 aromatic heterocycles. The third-order valence-corrected chi connectivity index (χ3v) is 3.71. The van der Waals surface area contributed by atoms with Crippen molar-refractivity contribution in [2.24, 2.45) is 0 Å². The van der Waals surface area contributed by atoms with Gasteiger partial charge in [0.15, 0.2) is 11.6 Å². The van der Waals surface area contributed by atoms with Crippen LogP contribution in [0.4, 0.5) is 13.2 Å². The van der Waals surface area contributed by atoms with Crippen LogP contribution in [0.1, 0.15) is 31.8 Å². The minimum atomic E-state index is -5.84. The molecule has 24 heavy (non-hydrogen) atoms. The topological polar surface area (TPSA) is 88.5 Å². The van der Waals surface area contributed by atoms with Gasteiger partial charge in [-0.25, -0.2) is 0 Å². The second-order valence-corrected chi connectivity index (χ2v) is 6.08. The van der Waals surface area contributed by atoms with E-state index in [1.165, 1.54) is 0 Å². The zero-order chi connectivity index (χ0) is 18.1. The fraction of sp³-hybridized carbons (Fsp3) is 0.0667. The number of benzene rings is 2. The average Bonchev–Trinajstić information content (AvgIpc) is 2.51. The molecule has 9 heteroatoms. The van der Waals surface area contributed by atoms with E-state index in [4.69, 9.17) is 13.0 Å². The van der Waals surface area contributed by atoms with Gasteiger partial charge in [0.05, 0.1) is 0 Å². The zero-order valence-electron chi connectivity index (χ0n) is 11.7. The number of carbonyl (C=O) groups excluding carboxylic acids is 2. The van der Waals surface area contributed by atoms with Gasteiger partial charge in [-0.2, -0.15) is 21.6 Å². The molecule has 2 aromatic rings. The Morgan fingerprint density at radius 2 is 0.917 bits per heavy atom. The average molecular weight is 358 g/mol. The third kappa shape index (κ3) is 3.36. The van der Waals surface area contributed by atoms with Crippen LogP contribution >= 0.6 is 0 Å². The van der Waals surface area contributed by atoms with Gasteiger partial charge in [-0.3, -0.25) is 14.1 Å². The Morgan fingerprint density at radius 1 is 0.708 bits per heavy atom. The highest BCUT2D eigenvalue weighted by atomic mass is 32.2. The standard InChI is InChI=1S/C14H8O2.CHF3O3S/c15-13-9-5-1-2-6-10(9)14(16)12-8-4-3-7-11(12)13;2-1(3,4)8(5,6)7/h1-8H;(H,5,6,7). The number of hydrogen-bond acceptors (Lipinski definition) is 4. The van der Waals surface area contributed by atoms with Gasteiger partial charge in [0.1, 0.15) is 0 Å². The van der Waals surface area contributed by atoms with Crippen LogP contribution < -0.4 is 0 Å². The molecular weight excluding hydrogens is 349 g/mol. The summed E-state index contributed by atoms with van der Waals surface area (Å²) in [4.78, 5) is 24.2. The second kappa shape index (κ2) is 6.17. The summed E-state index contributed by atoms with van der Waals surface area (Å²) in [6.45, 7) is 0. The Balaban J connectivity index is 0.000000224. The predicted octanol–water partition coefficient (Wildman–Crippen LogP) is 2.86. The van der Waals surface area contributed by atoms with Crippen LogP contribution in [0.2, 0.25) is 0 Å². The molecule has 0 saturated heterocycles. The highest BCUT2D eigenvalue weighted by molar-refractivity contribution is 7.86. The highest BCUT2D eigenvalue weighted by Crippen LogP contribution is 2.26. The SMILES string of the molecule is O=C1c2ccccc2C(=O)c2ccccc21.O=S(=O)(O)C(F)(F)F. The molecule has 0 aliphatic heterocycles. The summed E-state index contributed by atoms with van der Waals surface area (Å²) < 4.78 is 57.5. The molecule has 0 radical (unpaired) electrons. The molecule has 1 aliphatic rings. The Kier molecular flexibility index (Phi) is 4.59. The number of fused-ring (bicyclic) bond motifs is 2. The van der Waals surface area contributed by atoms with Crippen molar-refractivity contribution >= 4 is 21.7 Å². The molecule has 1 aliphatic carbocycles. The van der Waals surface area contributed by atoms with Gasteiger partial charge in [-0.1, -0.05) is 48.5 Å². The molecule has 0 spiro atoms. The number of ketones is 2. The monoisotopic (exact) mass is 358 g/mol. The molecule has 3 rings (SSSR count). The van der Waals surface area contributed by atoms with Gasteiger partial charge in [-0.05, 0) is 0 Å². The molecule has 0 unspecified atom stereocenters. The lowest BCUT2D eigenvalue weighted by molar-refractivity contribution is -0.0510. The first kappa shape index (κ1) is 17.8. The summed E-state index contributed by atoms with van der Waals surface area (Å²) in [5.74, 6) is -0.128. The number of alkyl halides is 3. The Morgan fingerprint density at radius 3 is 1.08 bits per heavy atom. The minimum absolute atomic E-state index is 0.0641. The van der Waals surface area contributed by atoms with E-state index in [9.17, 15) is 22.8 Å². The van der Waals surface area contributed by atoms with Crippen molar-refractivity contribution in [2.45, 2.75) is 5.51 Å². The van der Waals surface area contributed by atoms with E-state index in [1.54, 1.807) is 48.5 Å². The number of hydrogen-bond donors (Lipinski definition) is 1. The molecule has 1 N–H and O–H groups in total. The van der Waals surface area contributed by atoms with Gasteiger partial charge in [-0.15, -0.1) is 0 Å². The minimum Gasteiger partial charge on any atom is -0.289 e. The smallest absolute Gasteiger partial charge is 0.289 e. The summed E-state index contributed by atoms with van der Waals surface area (Å²) in [5, 5.41) is 0. The van der Waals surface area contributed by atoms with Crippen LogP contribution in [0.3, 0.4) is 0 Å². The number of rotatable bonds is 0. The molecule has 0 fully saturated rings. The molecule has 5 nitrogen and oxygen atoms in total. The van der Waals surface area contributed by atoms with Crippen molar-refractivity contribution in [3.05, 3.63) is 70.8 Å². The summed E-state index contributed by atoms with van der Waals surface area (Å²) in [5.41, 5.74) is -3.51. The van der Waals surface area contributed by atoms with E-state index in [1.807, 2.05) is 0 Å². The summed E-state index contributed by atoms with van der Waals surface area (Å²) in [6.07, 6.45) is 0. The van der Waals surface area contributed by atoms with Crippen LogP contribution in [0.25, 0.3) is 0 Å². The fourth-order valence-corrected chi connectivity index (χ4v) is 2.05. The van der Waals surface area contributed by atoms with Gasteiger partial charge in [0.2, 0.25) is 0 Å². The maximum Gasteiger partial charge on any atom is 0.522 e. The molecule has 2 aromatic carbocycles. The van der Waals surface area contributed by atoms with Crippen molar-refractivity contribution < 1.29 is 35.7 Å². The van der Waals surface area contributed by atoms with Crippen LogP contribution in [-0.4, -0.2) is 30.0 Å². The number of carbonyl (C=O) groups is 2. The molecule has 0 atom stereocenters. The van der Waals surface area contributed by atoms with E-state index in [0.29, 0.717) is 22.3 Å². The first-order valence-electron chi connectivity index (χ1n) is 6.35. The van der Waals surface area contributed by atoms with Crippen molar-refractivity contribution in [1.29, 1.82) is 0 Å². The van der Waals surface area contributed by atoms with E-state index in [2.05, 4.69) is 0 Å². The van der Waals surface area contributed by atoms with E-state index in [0.717, 1.165) is 0 Å². The molecule has 0 amide bonds. The third-order valence-electron chi connectivity index (χ3n) is 3.13. The first-order chi connectivity index (χ1) is 11.0. The quantitative estimate of drug-likeness (QED) is 0.493. The van der Waals surface area contributed by atoms with E-state index < -0.39 is 15.6 Å². The fourth-order valence-electron chi connectivity index (χ4n) is 2.05. The first-order valence-corrected chi connectivity index (χ1v) is 7.79. The summed E-state index contributed by atoms with van der Waals surface area (Å²) >= 11 is 0. The van der Waals surface area contributed by atoms with E-state index in [-0.39, 0.29) is 11.6 Å². The van der Waals surface area contributed by atoms with Crippen LogP contribution in [-0.2, 0) is 10.1 Å². The highest BCUT2D eigenvalue weighted by Gasteiger charge is 2.44. The second-order valence-electron chi connectivity index (χ2n) is 4.67. The molecule has 0 heterocycles. The van der Waals surface area contributed by atoms with E-state index >= 15 is 0 Å². The van der Waals surface area contributed by atoms with Crippen LogP contribution in [0.5, 0.6) is 0 Å². The Hall–Kier alpha value is -2.52. The lowest BCUT2D eigenvalue weighted by atomic mass is 9.84. The van der Waals surface area contributed by atoms with Crippen molar-refractivity contribution in [2.75, 3.05) is 0 Å². The Labute approximate surface area is 134 Å². The maximum absolute atomic E-state index is 12.1. The molecular formula is C15H9F3O5S. The van der Waals surface area contributed by atoms with Crippen molar-refractivity contribution in [1.82, 2.24) is 0 Å². The molecule has 0 bridgehead atoms. The lowest BCUT2D eigenvalue weighted by Gasteiger charge is -2.16. The van der Waals surface area contributed by atoms with Gasteiger partial charge in [0, 0.05) is 22.3 Å². The summed E-state index contributed by atoms with van der Waals surface area (Å²) in [6, 6.07) is 13.9.